The van der Waals surface area contributed by atoms with Gasteiger partial charge in [-0.3, -0.25) is 4.90 Å². The van der Waals surface area contributed by atoms with Gasteiger partial charge in [-0.25, -0.2) is 0 Å². The summed E-state index contributed by atoms with van der Waals surface area (Å²) in [6.07, 6.45) is -0.517. The minimum absolute atomic E-state index is 0.278. The lowest BCUT2D eigenvalue weighted by atomic mass is 10.2. The first kappa shape index (κ1) is 18.8. The number of ether oxygens (including phenoxy) is 1. The fourth-order valence-electron chi connectivity index (χ4n) is 3.12. The number of aryl methyl sites for hydroxylation is 1. The van der Waals surface area contributed by atoms with E-state index in [1.54, 1.807) is 12.1 Å². The molecule has 2 aromatic carbocycles. The van der Waals surface area contributed by atoms with Gasteiger partial charge < -0.3 is 20.5 Å². The zero-order valence-corrected chi connectivity index (χ0v) is 15.8. The maximum absolute atomic E-state index is 10.2. The highest BCUT2D eigenvalue weighted by atomic mass is 35.5. The van der Waals surface area contributed by atoms with Gasteiger partial charge in [0, 0.05) is 49.1 Å². The minimum Gasteiger partial charge on any atom is -0.491 e. The van der Waals surface area contributed by atoms with E-state index in [9.17, 15) is 5.11 Å². The summed E-state index contributed by atoms with van der Waals surface area (Å²) >= 11 is 6.11. The maximum Gasteiger partial charge on any atom is 0.119 e. The minimum atomic E-state index is -0.517. The van der Waals surface area contributed by atoms with E-state index in [1.807, 2.05) is 25.1 Å². The molecule has 0 spiro atoms. The van der Waals surface area contributed by atoms with Gasteiger partial charge in [-0.1, -0.05) is 11.6 Å². The summed E-state index contributed by atoms with van der Waals surface area (Å²) in [6.45, 7) is 6.63. The number of aliphatic hydroxyl groups excluding tert-OH is 1. The van der Waals surface area contributed by atoms with Gasteiger partial charge >= 0.3 is 0 Å². The number of benzene rings is 2. The van der Waals surface area contributed by atoms with Crippen molar-refractivity contribution in [2.24, 2.45) is 0 Å². The van der Waals surface area contributed by atoms with Crippen LogP contribution in [0.3, 0.4) is 0 Å². The Balaban J connectivity index is 1.43. The zero-order chi connectivity index (χ0) is 18.5. The van der Waals surface area contributed by atoms with Crippen LogP contribution in [0.15, 0.2) is 42.5 Å². The molecule has 0 unspecified atom stereocenters. The van der Waals surface area contributed by atoms with Crippen LogP contribution in [0.2, 0.25) is 5.02 Å². The predicted octanol–water partition coefficient (Wildman–Crippen LogP) is 2.79. The fraction of sp³-hybridized carbons (Fsp3) is 0.400. The van der Waals surface area contributed by atoms with Crippen molar-refractivity contribution in [3.63, 3.8) is 0 Å². The Morgan fingerprint density at radius 2 is 1.81 bits per heavy atom. The van der Waals surface area contributed by atoms with E-state index in [1.165, 1.54) is 5.69 Å². The lowest BCUT2D eigenvalue weighted by Gasteiger charge is -2.37. The smallest absolute Gasteiger partial charge is 0.119 e. The van der Waals surface area contributed by atoms with E-state index in [0.29, 0.717) is 12.2 Å². The van der Waals surface area contributed by atoms with Crippen LogP contribution < -0.4 is 15.4 Å². The Bertz CT molecular complexity index is 715. The summed E-state index contributed by atoms with van der Waals surface area (Å²) in [4.78, 5) is 4.63. The lowest BCUT2D eigenvalue weighted by molar-refractivity contribution is 0.0663. The van der Waals surface area contributed by atoms with Crippen LogP contribution in [0, 0.1) is 6.92 Å². The van der Waals surface area contributed by atoms with Crippen LogP contribution in [0.5, 0.6) is 5.75 Å². The Hall–Kier alpha value is -1.95. The second kappa shape index (κ2) is 8.62. The number of aliphatic hydroxyl groups is 1. The molecule has 0 saturated carbocycles. The van der Waals surface area contributed by atoms with Crippen molar-refractivity contribution < 1.29 is 9.84 Å². The SMILES string of the molecule is Cc1cc(N2CCN(C[C@H](O)COc3ccc(N)cc3)CC2)ccc1Cl. The molecule has 1 heterocycles. The molecule has 1 aliphatic rings. The summed E-state index contributed by atoms with van der Waals surface area (Å²) in [7, 11) is 0. The van der Waals surface area contributed by atoms with Crippen molar-refractivity contribution in [1.82, 2.24) is 4.90 Å². The van der Waals surface area contributed by atoms with Crippen LogP contribution in [0.25, 0.3) is 0 Å². The Morgan fingerprint density at radius 1 is 1.12 bits per heavy atom. The highest BCUT2D eigenvalue weighted by molar-refractivity contribution is 6.31. The van der Waals surface area contributed by atoms with Gasteiger partial charge in [0.1, 0.15) is 18.5 Å². The highest BCUT2D eigenvalue weighted by Crippen LogP contribution is 2.23. The van der Waals surface area contributed by atoms with Gasteiger partial charge in [-0.2, -0.15) is 0 Å². The third kappa shape index (κ3) is 5.04. The molecule has 2 aromatic rings. The number of β-amino-alcohol motifs (C(OH)–C–C–N with tert-alkyl or cyclic N) is 1. The van der Waals surface area contributed by atoms with Crippen molar-refractivity contribution >= 4 is 23.0 Å². The van der Waals surface area contributed by atoms with Gasteiger partial charge in [0.15, 0.2) is 0 Å². The second-order valence-electron chi connectivity index (χ2n) is 6.76. The standard InChI is InChI=1S/C20H26ClN3O2/c1-15-12-17(4-7-20(15)21)24-10-8-23(9-11-24)13-18(25)14-26-19-5-2-16(22)3-6-19/h2-7,12,18,25H,8-11,13-14,22H2,1H3/t18-/m0/s1. The van der Waals surface area contributed by atoms with E-state index in [-0.39, 0.29) is 6.61 Å². The fourth-order valence-corrected chi connectivity index (χ4v) is 3.24. The topological polar surface area (TPSA) is 62.0 Å². The summed E-state index contributed by atoms with van der Waals surface area (Å²) in [5.41, 5.74) is 8.66. The average Bonchev–Trinajstić information content (AvgIpc) is 2.64. The molecule has 0 amide bonds. The largest absolute Gasteiger partial charge is 0.491 e. The number of halogens is 1. The Kier molecular flexibility index (Phi) is 6.25. The monoisotopic (exact) mass is 375 g/mol. The number of hydrogen-bond donors (Lipinski definition) is 2. The van der Waals surface area contributed by atoms with Crippen LogP contribution in [-0.2, 0) is 0 Å². The summed E-state index contributed by atoms with van der Waals surface area (Å²) in [5, 5.41) is 11.0. The van der Waals surface area contributed by atoms with Crippen molar-refractivity contribution in [2.75, 3.05) is 50.0 Å². The van der Waals surface area contributed by atoms with Crippen molar-refractivity contribution in [3.05, 3.63) is 53.1 Å². The lowest BCUT2D eigenvalue weighted by Crippen LogP contribution is -2.49. The molecule has 140 valence electrons. The van der Waals surface area contributed by atoms with E-state index in [0.717, 1.165) is 42.5 Å². The van der Waals surface area contributed by atoms with Crippen LogP contribution in [-0.4, -0.2) is 55.4 Å². The molecule has 0 aliphatic carbocycles. The Morgan fingerprint density at radius 3 is 2.46 bits per heavy atom. The van der Waals surface area contributed by atoms with E-state index >= 15 is 0 Å². The molecule has 0 radical (unpaired) electrons. The maximum atomic E-state index is 10.2. The first-order chi connectivity index (χ1) is 12.5. The number of rotatable bonds is 6. The number of anilines is 2. The molecular formula is C20H26ClN3O2. The molecule has 3 rings (SSSR count). The van der Waals surface area contributed by atoms with Gasteiger partial charge in [-0.15, -0.1) is 0 Å². The van der Waals surface area contributed by atoms with Crippen LogP contribution in [0.4, 0.5) is 11.4 Å². The van der Waals surface area contributed by atoms with E-state index in [4.69, 9.17) is 22.1 Å². The first-order valence-corrected chi connectivity index (χ1v) is 9.29. The van der Waals surface area contributed by atoms with Gasteiger partial charge in [0.05, 0.1) is 0 Å². The van der Waals surface area contributed by atoms with Gasteiger partial charge in [0.25, 0.3) is 0 Å². The second-order valence-corrected chi connectivity index (χ2v) is 7.16. The first-order valence-electron chi connectivity index (χ1n) is 8.91. The van der Waals surface area contributed by atoms with E-state index in [2.05, 4.69) is 21.9 Å². The average molecular weight is 376 g/mol. The molecule has 6 heteroatoms. The molecule has 1 fully saturated rings. The molecule has 1 saturated heterocycles. The highest BCUT2D eigenvalue weighted by Gasteiger charge is 2.20. The van der Waals surface area contributed by atoms with Crippen LogP contribution in [0.1, 0.15) is 5.56 Å². The summed E-state index contributed by atoms with van der Waals surface area (Å²) in [5.74, 6) is 0.723. The molecule has 5 nitrogen and oxygen atoms in total. The molecule has 1 aliphatic heterocycles. The van der Waals surface area contributed by atoms with Crippen molar-refractivity contribution in [2.45, 2.75) is 13.0 Å². The van der Waals surface area contributed by atoms with Crippen LogP contribution >= 0.6 is 11.6 Å². The molecule has 0 bridgehead atoms. The van der Waals surface area contributed by atoms with E-state index < -0.39 is 6.10 Å². The third-order valence-corrected chi connectivity index (χ3v) is 5.09. The molecular weight excluding hydrogens is 350 g/mol. The molecule has 1 atom stereocenters. The number of nitrogens with zero attached hydrogens (tertiary/aromatic N) is 2. The Labute approximate surface area is 159 Å². The van der Waals surface area contributed by atoms with Crippen molar-refractivity contribution in [1.29, 1.82) is 0 Å². The van der Waals surface area contributed by atoms with Crippen molar-refractivity contribution in [3.8, 4) is 5.75 Å². The summed E-state index contributed by atoms with van der Waals surface area (Å²) < 4.78 is 5.62. The normalized spacial score (nSPS) is 16.5. The zero-order valence-electron chi connectivity index (χ0n) is 15.1. The predicted molar refractivity (Wildman–Crippen MR) is 107 cm³/mol. The number of piperazine rings is 1. The van der Waals surface area contributed by atoms with Gasteiger partial charge in [-0.05, 0) is 55.0 Å². The molecule has 0 aromatic heterocycles. The quantitative estimate of drug-likeness (QED) is 0.760. The molecule has 26 heavy (non-hydrogen) atoms. The summed E-state index contributed by atoms with van der Waals surface area (Å²) in [6, 6.07) is 13.4. The number of nitrogens with two attached hydrogens (primary N) is 1. The molecule has 3 N–H and O–H groups in total. The van der Waals surface area contributed by atoms with Gasteiger partial charge in [0.2, 0.25) is 0 Å². The third-order valence-electron chi connectivity index (χ3n) is 4.67. The number of hydrogen-bond acceptors (Lipinski definition) is 5. The number of nitrogen functional groups attached to an aromatic ring is 1.